The number of allylic oxidation sites excluding steroid dienone is 8. The van der Waals surface area contributed by atoms with E-state index in [1.807, 2.05) is 43.2 Å². The van der Waals surface area contributed by atoms with Crippen LogP contribution >= 0.6 is 43.2 Å². The number of unbranched alkanes of at least 4 members (excludes halogenated alkanes) is 18. The molecule has 4 nitrogen and oxygen atoms in total. The lowest BCUT2D eigenvalue weighted by Crippen LogP contribution is -2.37. The predicted octanol–water partition coefficient (Wildman–Crippen LogP) is 15.0. The SMILES string of the molecule is CCCCC/C=C\C/C=C\CCCCCCCCSSCC(COC(=O)CCN1CCOCC1)SSCCCCCCCC/C=C\C/C=C\CCCCC. The summed E-state index contributed by atoms with van der Waals surface area (Å²) in [6.07, 6.45) is 50.4. The highest BCUT2D eigenvalue weighted by atomic mass is 33.1. The zero-order valence-electron chi connectivity index (χ0n) is 35.0. The van der Waals surface area contributed by atoms with Gasteiger partial charge in [0.25, 0.3) is 0 Å². The molecule has 0 bridgehead atoms. The van der Waals surface area contributed by atoms with Gasteiger partial charge in [-0.25, -0.2) is 0 Å². The summed E-state index contributed by atoms with van der Waals surface area (Å²) in [5.41, 5.74) is 0. The normalized spacial score (nSPS) is 14.8. The maximum Gasteiger partial charge on any atom is 0.307 e. The lowest BCUT2D eigenvalue weighted by molar-refractivity contribution is -0.144. The zero-order chi connectivity index (χ0) is 38.7. The summed E-state index contributed by atoms with van der Waals surface area (Å²) < 4.78 is 11.2. The van der Waals surface area contributed by atoms with E-state index >= 15 is 0 Å². The van der Waals surface area contributed by atoms with Crippen molar-refractivity contribution in [2.24, 2.45) is 0 Å². The molecule has 1 aliphatic heterocycles. The summed E-state index contributed by atoms with van der Waals surface area (Å²) >= 11 is 0. The zero-order valence-corrected chi connectivity index (χ0v) is 38.3. The maximum atomic E-state index is 12.6. The first kappa shape index (κ1) is 51.8. The quantitative estimate of drug-likeness (QED) is 0.0262. The Bertz CT molecular complexity index is 906. The lowest BCUT2D eigenvalue weighted by atomic mass is 10.1. The molecular weight excluding hydrogens is 743 g/mol. The molecule has 1 aliphatic rings. The fraction of sp³-hybridized carbons (Fsp3) is 0.804. The van der Waals surface area contributed by atoms with Crippen LogP contribution in [-0.2, 0) is 14.3 Å². The van der Waals surface area contributed by atoms with Crippen molar-refractivity contribution in [3.63, 3.8) is 0 Å². The molecule has 0 radical (unpaired) electrons. The molecule has 8 heteroatoms. The summed E-state index contributed by atoms with van der Waals surface area (Å²) in [6.45, 7) is 9.21. The second kappa shape index (κ2) is 43.9. The molecule has 0 aromatic carbocycles. The number of hydrogen-bond donors (Lipinski definition) is 0. The summed E-state index contributed by atoms with van der Waals surface area (Å²) in [6, 6.07) is 0. The average Bonchev–Trinajstić information content (AvgIpc) is 3.19. The number of carbonyl (C=O) groups excluding carboxylic acids is 1. The highest BCUT2D eigenvalue weighted by Crippen LogP contribution is 2.34. The van der Waals surface area contributed by atoms with E-state index in [4.69, 9.17) is 9.47 Å². The second-order valence-electron chi connectivity index (χ2n) is 14.7. The number of morpholine rings is 1. The Labute approximate surface area is 351 Å². The van der Waals surface area contributed by atoms with Crippen LogP contribution in [0.2, 0.25) is 0 Å². The molecule has 0 amide bonds. The van der Waals surface area contributed by atoms with Gasteiger partial charge in [0.1, 0.15) is 6.61 Å². The number of carbonyl (C=O) groups is 1. The molecule has 1 unspecified atom stereocenters. The third-order valence-electron chi connectivity index (χ3n) is 9.56. The van der Waals surface area contributed by atoms with Gasteiger partial charge in [-0.3, -0.25) is 9.69 Å². The van der Waals surface area contributed by atoms with E-state index in [1.165, 1.54) is 153 Å². The van der Waals surface area contributed by atoms with E-state index in [-0.39, 0.29) is 5.97 Å². The van der Waals surface area contributed by atoms with Crippen LogP contribution in [0.1, 0.15) is 174 Å². The fourth-order valence-electron chi connectivity index (χ4n) is 6.06. The second-order valence-corrected chi connectivity index (χ2v) is 20.1. The van der Waals surface area contributed by atoms with Gasteiger partial charge < -0.3 is 9.47 Å². The van der Waals surface area contributed by atoms with Crippen LogP contribution in [0.25, 0.3) is 0 Å². The molecule has 1 fully saturated rings. The molecule has 1 atom stereocenters. The van der Waals surface area contributed by atoms with Crippen molar-refractivity contribution in [1.29, 1.82) is 0 Å². The van der Waals surface area contributed by atoms with Crippen molar-refractivity contribution >= 4 is 49.1 Å². The molecule has 0 aliphatic carbocycles. The molecule has 0 saturated carbocycles. The average molecular weight is 826 g/mol. The van der Waals surface area contributed by atoms with Crippen molar-refractivity contribution in [1.82, 2.24) is 4.90 Å². The first-order chi connectivity index (χ1) is 26.8. The van der Waals surface area contributed by atoms with Crippen molar-refractivity contribution in [2.75, 3.05) is 56.7 Å². The Morgan fingerprint density at radius 1 is 0.593 bits per heavy atom. The van der Waals surface area contributed by atoms with Crippen LogP contribution in [0.3, 0.4) is 0 Å². The Balaban J connectivity index is 2.12. The van der Waals surface area contributed by atoms with Crippen molar-refractivity contribution in [2.45, 2.75) is 180 Å². The molecule has 314 valence electrons. The van der Waals surface area contributed by atoms with E-state index in [1.54, 1.807) is 0 Å². The monoisotopic (exact) mass is 826 g/mol. The summed E-state index contributed by atoms with van der Waals surface area (Å²) in [5.74, 6) is 3.38. The summed E-state index contributed by atoms with van der Waals surface area (Å²) in [7, 11) is 7.92. The highest BCUT2D eigenvalue weighted by molar-refractivity contribution is 8.78. The van der Waals surface area contributed by atoms with Crippen molar-refractivity contribution < 1.29 is 14.3 Å². The molecule has 1 saturated heterocycles. The highest BCUT2D eigenvalue weighted by Gasteiger charge is 2.16. The molecule has 0 aromatic heterocycles. The summed E-state index contributed by atoms with van der Waals surface area (Å²) in [5, 5.41) is 0.348. The molecule has 54 heavy (non-hydrogen) atoms. The van der Waals surface area contributed by atoms with Crippen LogP contribution in [0.5, 0.6) is 0 Å². The number of rotatable bonds is 40. The number of hydrogen-bond acceptors (Lipinski definition) is 8. The molecule has 1 rings (SSSR count). The summed E-state index contributed by atoms with van der Waals surface area (Å²) in [4.78, 5) is 14.9. The Morgan fingerprint density at radius 2 is 1.06 bits per heavy atom. The van der Waals surface area contributed by atoms with E-state index in [9.17, 15) is 4.79 Å². The fourth-order valence-corrected chi connectivity index (χ4v) is 11.6. The third-order valence-corrected chi connectivity index (χ3v) is 15.2. The first-order valence-electron chi connectivity index (χ1n) is 22.3. The van der Waals surface area contributed by atoms with Gasteiger partial charge in [0, 0.05) is 36.9 Å². The first-order valence-corrected chi connectivity index (χ1v) is 27.2. The van der Waals surface area contributed by atoms with E-state index in [0.29, 0.717) is 18.3 Å². The standard InChI is InChI=1S/C46H83NO3S4/c1-3-5-7-9-11-13-15-17-19-21-23-25-27-29-31-33-41-51-53-44-45(43-50-46(48)35-36-47-37-39-49-40-38-47)54-52-42-34-32-30-28-26-24-22-20-18-16-14-12-10-8-6-4-2/h11-14,17-20,45H,3-10,15-16,21-44H2,1-2H3/b13-11-,14-12-,19-17-,20-18-. The smallest absolute Gasteiger partial charge is 0.307 e. The Hall–Kier alpha value is -0.250. The lowest BCUT2D eigenvalue weighted by Gasteiger charge is -2.26. The molecule has 0 spiro atoms. The van der Waals surface area contributed by atoms with Gasteiger partial charge in [-0.05, 0) is 77.0 Å². The van der Waals surface area contributed by atoms with Crippen LogP contribution < -0.4 is 0 Å². The van der Waals surface area contributed by atoms with Crippen LogP contribution in [-0.4, -0.2) is 72.8 Å². The maximum absolute atomic E-state index is 12.6. The Morgan fingerprint density at radius 3 is 1.57 bits per heavy atom. The molecule has 0 aromatic rings. The van der Waals surface area contributed by atoms with Gasteiger partial charge in [0.2, 0.25) is 0 Å². The van der Waals surface area contributed by atoms with Gasteiger partial charge in [-0.15, -0.1) is 0 Å². The molecule has 0 N–H and O–H groups in total. The predicted molar refractivity (Wildman–Crippen MR) is 250 cm³/mol. The van der Waals surface area contributed by atoms with Crippen LogP contribution in [0.15, 0.2) is 48.6 Å². The molecule has 1 heterocycles. The topological polar surface area (TPSA) is 38.8 Å². The van der Waals surface area contributed by atoms with Crippen molar-refractivity contribution in [3.05, 3.63) is 48.6 Å². The van der Waals surface area contributed by atoms with E-state index in [0.717, 1.165) is 51.4 Å². The van der Waals surface area contributed by atoms with Gasteiger partial charge in [0.15, 0.2) is 0 Å². The van der Waals surface area contributed by atoms with Gasteiger partial charge >= 0.3 is 5.97 Å². The minimum atomic E-state index is -0.0544. The minimum absolute atomic E-state index is 0.0544. The van der Waals surface area contributed by atoms with Gasteiger partial charge in [-0.2, -0.15) is 0 Å². The van der Waals surface area contributed by atoms with Crippen LogP contribution in [0.4, 0.5) is 0 Å². The van der Waals surface area contributed by atoms with Crippen LogP contribution in [0, 0.1) is 0 Å². The van der Waals surface area contributed by atoms with Gasteiger partial charge in [0.05, 0.1) is 24.9 Å². The number of ether oxygens (including phenoxy) is 2. The van der Waals surface area contributed by atoms with E-state index in [2.05, 4.69) is 67.4 Å². The number of nitrogens with zero attached hydrogens (tertiary/aromatic N) is 1. The molecular formula is C46H83NO3S4. The minimum Gasteiger partial charge on any atom is -0.464 e. The number of esters is 1. The van der Waals surface area contributed by atoms with E-state index < -0.39 is 0 Å². The Kier molecular flexibility index (Phi) is 42.1. The largest absolute Gasteiger partial charge is 0.464 e. The van der Waals surface area contributed by atoms with Gasteiger partial charge in [-0.1, -0.05) is 183 Å². The third kappa shape index (κ3) is 38.6. The van der Waals surface area contributed by atoms with Crippen molar-refractivity contribution in [3.8, 4) is 0 Å².